The van der Waals surface area contributed by atoms with Crippen LogP contribution in [0.5, 0.6) is 0 Å². The lowest BCUT2D eigenvalue weighted by atomic mass is 9.59. The molecule has 0 radical (unpaired) electrons. The van der Waals surface area contributed by atoms with Gasteiger partial charge >= 0.3 is 0 Å². The van der Waals surface area contributed by atoms with Crippen molar-refractivity contribution in [3.8, 4) is 0 Å². The molecule has 0 saturated heterocycles. The molecule has 2 aromatic carbocycles. The molecule has 0 heterocycles. The molecule has 1 nitrogen and oxygen atoms in total. The molecule has 0 aromatic heterocycles. The molecule has 0 aliphatic heterocycles. The molecule has 0 bridgehead atoms. The highest BCUT2D eigenvalue weighted by Crippen LogP contribution is 2.46. The number of hydrogen-bond acceptors (Lipinski definition) is 1. The lowest BCUT2D eigenvalue weighted by Crippen LogP contribution is -2.51. The van der Waals surface area contributed by atoms with Gasteiger partial charge in [0.05, 0.1) is 0 Å². The SMILES string of the molecule is NC(Cc1cc(Cl)ccc1Cl)C1(c2ccccc2)CCC1. The molecule has 1 unspecified atom stereocenters. The van der Waals surface area contributed by atoms with E-state index in [4.69, 9.17) is 28.9 Å². The van der Waals surface area contributed by atoms with E-state index < -0.39 is 0 Å². The second kappa shape index (κ2) is 6.00. The summed E-state index contributed by atoms with van der Waals surface area (Å²) < 4.78 is 0. The summed E-state index contributed by atoms with van der Waals surface area (Å²) in [7, 11) is 0. The molecule has 21 heavy (non-hydrogen) atoms. The highest BCUT2D eigenvalue weighted by atomic mass is 35.5. The molecule has 3 heteroatoms. The quantitative estimate of drug-likeness (QED) is 0.844. The largest absolute Gasteiger partial charge is 0.327 e. The Bertz CT molecular complexity index is 620. The summed E-state index contributed by atoms with van der Waals surface area (Å²) in [5.41, 5.74) is 9.08. The second-order valence-corrected chi connectivity index (χ2v) is 6.77. The molecule has 0 spiro atoms. The predicted molar refractivity (Wildman–Crippen MR) is 90.1 cm³/mol. The Morgan fingerprint density at radius 1 is 1.05 bits per heavy atom. The molecule has 1 saturated carbocycles. The van der Waals surface area contributed by atoms with Crippen LogP contribution >= 0.6 is 23.2 Å². The van der Waals surface area contributed by atoms with Crippen LogP contribution in [0.3, 0.4) is 0 Å². The number of benzene rings is 2. The van der Waals surface area contributed by atoms with Crippen molar-refractivity contribution in [2.75, 3.05) is 0 Å². The van der Waals surface area contributed by atoms with E-state index in [2.05, 4.69) is 30.3 Å². The first-order valence-electron chi connectivity index (χ1n) is 7.37. The van der Waals surface area contributed by atoms with Crippen molar-refractivity contribution < 1.29 is 0 Å². The Hall–Kier alpha value is -1.02. The average molecular weight is 320 g/mol. The summed E-state index contributed by atoms with van der Waals surface area (Å²) in [6, 6.07) is 16.3. The Labute approximate surface area is 136 Å². The molecule has 1 fully saturated rings. The molecule has 1 aliphatic carbocycles. The zero-order valence-electron chi connectivity index (χ0n) is 11.9. The summed E-state index contributed by atoms with van der Waals surface area (Å²) in [5, 5.41) is 1.46. The minimum atomic E-state index is 0.0598. The van der Waals surface area contributed by atoms with E-state index in [9.17, 15) is 0 Å². The van der Waals surface area contributed by atoms with E-state index >= 15 is 0 Å². The van der Waals surface area contributed by atoms with Gasteiger partial charge < -0.3 is 5.73 Å². The molecule has 0 amide bonds. The average Bonchev–Trinajstić information content (AvgIpc) is 2.43. The fourth-order valence-electron chi connectivity index (χ4n) is 3.33. The van der Waals surface area contributed by atoms with E-state index in [1.165, 1.54) is 12.0 Å². The minimum absolute atomic E-state index is 0.0598. The molecular weight excluding hydrogens is 301 g/mol. The van der Waals surface area contributed by atoms with Crippen LogP contribution in [0.15, 0.2) is 48.5 Å². The molecule has 2 N–H and O–H groups in total. The van der Waals surface area contributed by atoms with Gasteiger partial charge in [0.1, 0.15) is 0 Å². The van der Waals surface area contributed by atoms with E-state index in [-0.39, 0.29) is 11.5 Å². The van der Waals surface area contributed by atoms with Crippen molar-refractivity contribution in [3.63, 3.8) is 0 Å². The highest BCUT2D eigenvalue weighted by molar-refractivity contribution is 6.33. The number of hydrogen-bond donors (Lipinski definition) is 1. The smallest absolute Gasteiger partial charge is 0.0439 e. The van der Waals surface area contributed by atoms with Gasteiger partial charge in [-0.25, -0.2) is 0 Å². The topological polar surface area (TPSA) is 26.0 Å². The minimum Gasteiger partial charge on any atom is -0.327 e. The van der Waals surface area contributed by atoms with Gasteiger partial charge in [-0.3, -0.25) is 0 Å². The maximum atomic E-state index is 6.60. The van der Waals surface area contributed by atoms with E-state index in [1.807, 2.05) is 18.2 Å². The summed E-state index contributed by atoms with van der Waals surface area (Å²) in [4.78, 5) is 0. The van der Waals surface area contributed by atoms with Crippen molar-refractivity contribution in [2.45, 2.75) is 37.1 Å². The summed E-state index contributed by atoms with van der Waals surface area (Å²) in [6.07, 6.45) is 4.30. The van der Waals surface area contributed by atoms with E-state index in [0.29, 0.717) is 5.02 Å². The van der Waals surface area contributed by atoms with Crippen LogP contribution in [0.25, 0.3) is 0 Å². The van der Waals surface area contributed by atoms with Crippen LogP contribution in [0.1, 0.15) is 30.4 Å². The van der Waals surface area contributed by atoms with Gasteiger partial charge in [0.25, 0.3) is 0 Å². The van der Waals surface area contributed by atoms with Crippen molar-refractivity contribution in [1.82, 2.24) is 0 Å². The molecular formula is C18H19Cl2N. The van der Waals surface area contributed by atoms with Crippen molar-refractivity contribution in [3.05, 3.63) is 69.7 Å². The van der Waals surface area contributed by atoms with Crippen molar-refractivity contribution >= 4 is 23.2 Å². The van der Waals surface area contributed by atoms with Crippen LogP contribution in [-0.4, -0.2) is 6.04 Å². The maximum Gasteiger partial charge on any atom is 0.0439 e. The number of halogens is 2. The summed E-state index contributed by atoms with van der Waals surface area (Å²) in [6.45, 7) is 0. The Kier molecular flexibility index (Phi) is 4.26. The Morgan fingerprint density at radius 3 is 2.38 bits per heavy atom. The third-order valence-corrected chi connectivity index (χ3v) is 5.36. The summed E-state index contributed by atoms with van der Waals surface area (Å²) in [5.74, 6) is 0. The zero-order valence-corrected chi connectivity index (χ0v) is 13.4. The van der Waals surface area contributed by atoms with Crippen molar-refractivity contribution in [1.29, 1.82) is 0 Å². The van der Waals surface area contributed by atoms with Crippen LogP contribution in [0, 0.1) is 0 Å². The second-order valence-electron chi connectivity index (χ2n) is 5.92. The number of rotatable bonds is 4. The molecule has 2 aromatic rings. The molecule has 1 aliphatic rings. The first-order chi connectivity index (χ1) is 10.1. The third kappa shape index (κ3) is 2.83. The third-order valence-electron chi connectivity index (χ3n) is 4.75. The van der Waals surface area contributed by atoms with E-state index in [1.54, 1.807) is 0 Å². The monoisotopic (exact) mass is 319 g/mol. The maximum absolute atomic E-state index is 6.60. The van der Waals surface area contributed by atoms with Gasteiger partial charge in [-0.05, 0) is 48.6 Å². The fourth-order valence-corrected chi connectivity index (χ4v) is 3.72. The van der Waals surface area contributed by atoms with Crippen molar-refractivity contribution in [2.24, 2.45) is 5.73 Å². The van der Waals surface area contributed by atoms with Gasteiger partial charge in [-0.15, -0.1) is 0 Å². The fraction of sp³-hybridized carbons (Fsp3) is 0.333. The van der Waals surface area contributed by atoms with Crippen LogP contribution in [0.2, 0.25) is 10.0 Å². The molecule has 1 atom stereocenters. The summed E-state index contributed by atoms with van der Waals surface area (Å²) >= 11 is 12.4. The highest BCUT2D eigenvalue weighted by Gasteiger charge is 2.43. The molecule has 110 valence electrons. The molecule has 3 rings (SSSR count). The first-order valence-corrected chi connectivity index (χ1v) is 8.12. The van der Waals surface area contributed by atoms with Crippen LogP contribution in [-0.2, 0) is 11.8 Å². The van der Waals surface area contributed by atoms with Gasteiger partial charge in [0.15, 0.2) is 0 Å². The lowest BCUT2D eigenvalue weighted by Gasteiger charge is -2.47. The standard InChI is InChI=1S/C18H19Cl2N/c19-15-7-8-16(20)13(11-15)12-17(21)18(9-4-10-18)14-5-2-1-3-6-14/h1-3,5-8,11,17H,4,9-10,12,21H2. The first kappa shape index (κ1) is 14.9. The van der Waals surface area contributed by atoms with Gasteiger partial charge in [0.2, 0.25) is 0 Å². The predicted octanol–water partition coefficient (Wildman–Crippen LogP) is 4.99. The number of nitrogens with two attached hydrogens (primary N) is 1. The van der Waals surface area contributed by atoms with Gasteiger partial charge in [0, 0.05) is 21.5 Å². The van der Waals surface area contributed by atoms with E-state index in [0.717, 1.165) is 29.8 Å². The van der Waals surface area contributed by atoms with Crippen LogP contribution < -0.4 is 5.73 Å². The Morgan fingerprint density at radius 2 is 1.76 bits per heavy atom. The normalized spacial score (nSPS) is 18.0. The van der Waals surface area contributed by atoms with Gasteiger partial charge in [-0.2, -0.15) is 0 Å². The Balaban J connectivity index is 1.87. The van der Waals surface area contributed by atoms with Crippen LogP contribution in [0.4, 0.5) is 0 Å². The van der Waals surface area contributed by atoms with Gasteiger partial charge in [-0.1, -0.05) is 60.0 Å². The zero-order chi connectivity index (χ0) is 14.9. The lowest BCUT2D eigenvalue weighted by molar-refractivity contribution is 0.194.